The molecule has 1 aliphatic heterocycles. The first kappa shape index (κ1) is 14.1. The van der Waals surface area contributed by atoms with Gasteiger partial charge in [-0.15, -0.1) is 0 Å². The Balaban J connectivity index is 2.16. The molecule has 0 radical (unpaired) electrons. The van der Waals surface area contributed by atoms with Gasteiger partial charge in [0.15, 0.2) is 0 Å². The quantitative estimate of drug-likeness (QED) is 0.845. The van der Waals surface area contributed by atoms with Crippen LogP contribution in [-0.2, 0) is 6.54 Å². The Hall–Kier alpha value is -0.280. The van der Waals surface area contributed by atoms with Gasteiger partial charge < -0.3 is 10.2 Å². The van der Waals surface area contributed by atoms with E-state index < -0.39 is 0 Å². The second-order valence-corrected chi connectivity index (χ2v) is 6.19. The van der Waals surface area contributed by atoms with Gasteiger partial charge in [-0.25, -0.2) is 0 Å². The lowest BCUT2D eigenvalue weighted by atomic mass is 10.1. The Bertz CT molecular complexity index is 422. The smallest absolute Gasteiger partial charge is 0.106 e. The SMILES string of the molecule is CC[N+]1(Cc2ccc(Cl)cc2Cl)CC[C@H](CN)C1. The fourth-order valence-corrected chi connectivity index (χ4v) is 3.40. The van der Waals surface area contributed by atoms with Gasteiger partial charge in [0, 0.05) is 29.5 Å². The highest BCUT2D eigenvalue weighted by atomic mass is 35.5. The number of rotatable bonds is 4. The molecule has 0 saturated carbocycles. The van der Waals surface area contributed by atoms with E-state index in [4.69, 9.17) is 28.9 Å². The van der Waals surface area contributed by atoms with Gasteiger partial charge in [0.25, 0.3) is 0 Å². The highest BCUT2D eigenvalue weighted by Crippen LogP contribution is 2.30. The Kier molecular flexibility index (Phi) is 4.54. The topological polar surface area (TPSA) is 26.0 Å². The number of benzene rings is 1. The Morgan fingerprint density at radius 3 is 2.72 bits per heavy atom. The molecule has 0 spiro atoms. The standard InChI is InChI=1S/C14H21Cl2N2/c1-2-18(6-5-11(8-17)9-18)10-12-3-4-13(15)7-14(12)16/h3-4,7,11H,2,5-6,8-10,17H2,1H3/q+1/t11-,18?/m1/s1. The van der Waals surface area contributed by atoms with Gasteiger partial charge in [-0.3, -0.25) is 0 Å². The maximum Gasteiger partial charge on any atom is 0.106 e. The molecule has 18 heavy (non-hydrogen) atoms. The lowest BCUT2D eigenvalue weighted by molar-refractivity contribution is -0.929. The average Bonchev–Trinajstić information content (AvgIpc) is 2.77. The van der Waals surface area contributed by atoms with Gasteiger partial charge in [-0.05, 0) is 19.1 Å². The van der Waals surface area contributed by atoms with Crippen molar-refractivity contribution in [2.75, 3.05) is 26.2 Å². The van der Waals surface area contributed by atoms with Crippen LogP contribution in [0, 0.1) is 5.92 Å². The summed E-state index contributed by atoms with van der Waals surface area (Å²) < 4.78 is 1.10. The summed E-state index contributed by atoms with van der Waals surface area (Å²) in [6.45, 7) is 7.55. The summed E-state index contributed by atoms with van der Waals surface area (Å²) in [7, 11) is 0. The number of halogens is 2. The van der Waals surface area contributed by atoms with Crippen LogP contribution < -0.4 is 5.73 Å². The van der Waals surface area contributed by atoms with Gasteiger partial charge in [0.1, 0.15) is 6.54 Å². The van der Waals surface area contributed by atoms with Crippen LogP contribution in [0.25, 0.3) is 0 Å². The fourth-order valence-electron chi connectivity index (χ4n) is 2.93. The summed E-state index contributed by atoms with van der Waals surface area (Å²) in [6, 6.07) is 5.81. The molecular formula is C14H21Cl2N2+. The minimum absolute atomic E-state index is 0.663. The zero-order valence-electron chi connectivity index (χ0n) is 10.8. The zero-order valence-corrected chi connectivity index (χ0v) is 12.3. The molecule has 2 rings (SSSR count). The number of nitrogens with two attached hydrogens (primary N) is 1. The molecule has 1 fully saturated rings. The van der Waals surface area contributed by atoms with E-state index in [1.165, 1.54) is 25.1 Å². The number of hydrogen-bond acceptors (Lipinski definition) is 1. The molecule has 2 N–H and O–H groups in total. The van der Waals surface area contributed by atoms with Crippen molar-refractivity contribution in [2.45, 2.75) is 19.9 Å². The second kappa shape index (κ2) is 5.79. The lowest BCUT2D eigenvalue weighted by Gasteiger charge is -2.34. The van der Waals surface area contributed by atoms with Gasteiger partial charge >= 0.3 is 0 Å². The lowest BCUT2D eigenvalue weighted by Crippen LogP contribution is -2.45. The molecule has 100 valence electrons. The molecular weight excluding hydrogens is 267 g/mol. The van der Waals surface area contributed by atoms with Crippen molar-refractivity contribution in [1.29, 1.82) is 0 Å². The highest BCUT2D eigenvalue weighted by Gasteiger charge is 2.36. The number of nitrogens with zero attached hydrogens (tertiary/aromatic N) is 1. The third-order valence-corrected chi connectivity index (χ3v) is 4.77. The Labute approximate surface area is 119 Å². The fraction of sp³-hybridized carbons (Fsp3) is 0.571. The van der Waals surface area contributed by atoms with Crippen LogP contribution in [0.1, 0.15) is 18.9 Å². The molecule has 4 heteroatoms. The van der Waals surface area contributed by atoms with Crippen LogP contribution in [0.4, 0.5) is 0 Å². The van der Waals surface area contributed by atoms with Crippen LogP contribution >= 0.6 is 23.2 Å². The normalized spacial score (nSPS) is 27.7. The van der Waals surface area contributed by atoms with Crippen molar-refractivity contribution in [3.05, 3.63) is 33.8 Å². The van der Waals surface area contributed by atoms with Crippen LogP contribution in [0.15, 0.2) is 18.2 Å². The first-order chi connectivity index (χ1) is 8.58. The van der Waals surface area contributed by atoms with E-state index >= 15 is 0 Å². The maximum absolute atomic E-state index is 6.28. The van der Waals surface area contributed by atoms with Gasteiger partial charge in [0.05, 0.1) is 24.7 Å². The largest absolute Gasteiger partial charge is 0.330 e. The minimum atomic E-state index is 0.663. The summed E-state index contributed by atoms with van der Waals surface area (Å²) in [6.07, 6.45) is 1.23. The molecule has 1 aromatic carbocycles. The van der Waals surface area contributed by atoms with Crippen LogP contribution in [-0.4, -0.2) is 30.7 Å². The van der Waals surface area contributed by atoms with E-state index in [-0.39, 0.29) is 0 Å². The summed E-state index contributed by atoms with van der Waals surface area (Å²) >= 11 is 12.2. The first-order valence-corrected chi connectivity index (χ1v) is 7.33. The maximum atomic E-state index is 6.28. The first-order valence-electron chi connectivity index (χ1n) is 6.57. The Morgan fingerprint density at radius 2 is 2.17 bits per heavy atom. The third-order valence-electron chi connectivity index (χ3n) is 4.18. The molecule has 0 aromatic heterocycles. The van der Waals surface area contributed by atoms with Crippen molar-refractivity contribution in [3.63, 3.8) is 0 Å². The van der Waals surface area contributed by atoms with Gasteiger partial charge in [-0.2, -0.15) is 0 Å². The van der Waals surface area contributed by atoms with E-state index in [2.05, 4.69) is 13.0 Å². The predicted molar refractivity (Wildman–Crippen MR) is 77.9 cm³/mol. The van der Waals surface area contributed by atoms with E-state index in [9.17, 15) is 0 Å². The average molecular weight is 288 g/mol. The molecule has 2 nitrogen and oxygen atoms in total. The van der Waals surface area contributed by atoms with Gasteiger partial charge in [-0.1, -0.05) is 29.3 Å². The van der Waals surface area contributed by atoms with E-state index in [0.29, 0.717) is 10.9 Å². The summed E-state index contributed by atoms with van der Waals surface area (Å²) in [4.78, 5) is 0. The van der Waals surface area contributed by atoms with Crippen LogP contribution in [0.3, 0.4) is 0 Å². The summed E-state index contributed by atoms with van der Waals surface area (Å²) in [5.41, 5.74) is 6.99. The molecule has 0 bridgehead atoms. The van der Waals surface area contributed by atoms with E-state index in [0.717, 1.165) is 29.1 Å². The molecule has 1 unspecified atom stereocenters. The van der Waals surface area contributed by atoms with Crippen molar-refractivity contribution < 1.29 is 4.48 Å². The molecule has 1 aromatic rings. The van der Waals surface area contributed by atoms with Crippen molar-refractivity contribution in [3.8, 4) is 0 Å². The second-order valence-electron chi connectivity index (χ2n) is 5.35. The molecule has 1 saturated heterocycles. The number of likely N-dealkylation sites (tertiary alicyclic amines) is 1. The Morgan fingerprint density at radius 1 is 1.39 bits per heavy atom. The highest BCUT2D eigenvalue weighted by molar-refractivity contribution is 6.35. The zero-order chi connectivity index (χ0) is 13.2. The van der Waals surface area contributed by atoms with Crippen molar-refractivity contribution in [2.24, 2.45) is 11.7 Å². The van der Waals surface area contributed by atoms with Crippen molar-refractivity contribution >= 4 is 23.2 Å². The third kappa shape index (κ3) is 3.00. The van der Waals surface area contributed by atoms with Crippen LogP contribution in [0.2, 0.25) is 10.0 Å². The monoisotopic (exact) mass is 287 g/mol. The van der Waals surface area contributed by atoms with Crippen molar-refractivity contribution in [1.82, 2.24) is 0 Å². The summed E-state index contributed by atoms with van der Waals surface area (Å²) in [5.74, 6) is 0.663. The van der Waals surface area contributed by atoms with E-state index in [1.807, 2.05) is 12.1 Å². The minimum Gasteiger partial charge on any atom is -0.330 e. The molecule has 0 aliphatic carbocycles. The van der Waals surface area contributed by atoms with E-state index in [1.54, 1.807) is 0 Å². The molecule has 1 heterocycles. The van der Waals surface area contributed by atoms with Crippen LogP contribution in [0.5, 0.6) is 0 Å². The summed E-state index contributed by atoms with van der Waals surface area (Å²) in [5, 5.41) is 1.48. The predicted octanol–water partition coefficient (Wildman–Crippen LogP) is 3.31. The molecule has 1 aliphatic rings. The number of hydrogen-bond donors (Lipinski definition) is 1. The molecule has 0 amide bonds. The number of quaternary nitrogens is 1. The van der Waals surface area contributed by atoms with Gasteiger partial charge in [0.2, 0.25) is 0 Å². The molecule has 2 atom stereocenters.